The second kappa shape index (κ2) is 5.14. The quantitative estimate of drug-likeness (QED) is 0.882. The van der Waals surface area contributed by atoms with E-state index in [4.69, 9.17) is 10.4 Å². The van der Waals surface area contributed by atoms with E-state index < -0.39 is 11.8 Å². The van der Waals surface area contributed by atoms with Crippen LogP contribution in [-0.4, -0.2) is 16.1 Å². The van der Waals surface area contributed by atoms with Gasteiger partial charge < -0.3 is 10.4 Å². The van der Waals surface area contributed by atoms with E-state index in [-0.39, 0.29) is 16.9 Å². The van der Waals surface area contributed by atoms with Crippen molar-refractivity contribution in [1.82, 2.24) is 4.98 Å². The van der Waals surface area contributed by atoms with Crippen LogP contribution in [0, 0.1) is 17.1 Å². The van der Waals surface area contributed by atoms with Crippen molar-refractivity contribution in [3.8, 4) is 6.07 Å². The maximum atomic E-state index is 13.2. The molecule has 1 heterocycles. The lowest BCUT2D eigenvalue weighted by Gasteiger charge is -2.08. The molecule has 0 spiro atoms. The molecule has 2 N–H and O–H groups in total. The lowest BCUT2D eigenvalue weighted by Crippen LogP contribution is -2.04. The summed E-state index contributed by atoms with van der Waals surface area (Å²) in [5, 5.41) is 20.5. The van der Waals surface area contributed by atoms with Crippen molar-refractivity contribution in [2.45, 2.75) is 0 Å². The smallest absolute Gasteiger partial charge is 0.339 e. The molecule has 94 valence electrons. The van der Waals surface area contributed by atoms with E-state index in [2.05, 4.69) is 10.3 Å². The summed E-state index contributed by atoms with van der Waals surface area (Å²) in [4.78, 5) is 14.9. The van der Waals surface area contributed by atoms with Crippen LogP contribution in [0.25, 0.3) is 0 Å². The van der Waals surface area contributed by atoms with Crippen molar-refractivity contribution in [3.05, 3.63) is 53.5 Å². The van der Waals surface area contributed by atoms with Crippen LogP contribution in [-0.2, 0) is 0 Å². The number of aromatic carboxylic acids is 1. The van der Waals surface area contributed by atoms with Gasteiger partial charge in [0.15, 0.2) is 0 Å². The number of anilines is 2. The van der Waals surface area contributed by atoms with Gasteiger partial charge in [-0.25, -0.2) is 14.2 Å². The third-order valence-electron chi connectivity index (χ3n) is 2.39. The zero-order valence-corrected chi connectivity index (χ0v) is 9.59. The van der Waals surface area contributed by atoms with E-state index in [1.165, 1.54) is 30.5 Å². The maximum Gasteiger partial charge on any atom is 0.339 e. The number of halogens is 1. The summed E-state index contributed by atoms with van der Waals surface area (Å²) in [6.07, 6.45) is 1.43. The van der Waals surface area contributed by atoms with Gasteiger partial charge in [0, 0.05) is 11.9 Å². The molecule has 0 aliphatic carbocycles. The summed E-state index contributed by atoms with van der Waals surface area (Å²) < 4.78 is 13.2. The molecule has 0 aliphatic heterocycles. The van der Waals surface area contributed by atoms with Crippen LogP contribution in [0.5, 0.6) is 0 Å². The molecule has 0 bridgehead atoms. The molecule has 0 aliphatic rings. The van der Waals surface area contributed by atoms with Crippen molar-refractivity contribution in [3.63, 3.8) is 0 Å². The van der Waals surface area contributed by atoms with Crippen LogP contribution in [0.1, 0.15) is 15.9 Å². The Labute approximate surface area is 108 Å². The van der Waals surface area contributed by atoms with Crippen LogP contribution < -0.4 is 5.32 Å². The number of carboxylic acid groups (broad SMARTS) is 1. The van der Waals surface area contributed by atoms with E-state index in [1.54, 1.807) is 6.07 Å². The maximum absolute atomic E-state index is 13.2. The molecule has 1 aromatic carbocycles. The Kier molecular flexibility index (Phi) is 3.39. The summed E-state index contributed by atoms with van der Waals surface area (Å²) in [6.45, 7) is 0. The average molecular weight is 257 g/mol. The number of rotatable bonds is 3. The van der Waals surface area contributed by atoms with Crippen LogP contribution in [0.3, 0.4) is 0 Å². The van der Waals surface area contributed by atoms with E-state index >= 15 is 0 Å². The molecule has 19 heavy (non-hydrogen) atoms. The molecule has 0 saturated carbocycles. The number of hydrogen-bond acceptors (Lipinski definition) is 4. The molecule has 1 aromatic heterocycles. The number of carbonyl (C=O) groups is 1. The van der Waals surface area contributed by atoms with Gasteiger partial charge in [0.2, 0.25) is 0 Å². The summed E-state index contributed by atoms with van der Waals surface area (Å²) in [6, 6.07) is 8.42. The molecule has 0 unspecified atom stereocenters. The first-order valence-electron chi connectivity index (χ1n) is 5.27. The Morgan fingerprint density at radius 2 is 2.21 bits per heavy atom. The fourth-order valence-corrected chi connectivity index (χ4v) is 1.50. The highest BCUT2D eigenvalue weighted by Crippen LogP contribution is 2.20. The van der Waals surface area contributed by atoms with Gasteiger partial charge in [-0.05, 0) is 30.3 Å². The minimum absolute atomic E-state index is 0.00895. The molecule has 2 aromatic rings. The molecule has 6 heteroatoms. The zero-order chi connectivity index (χ0) is 13.8. The molecule has 0 atom stereocenters. The lowest BCUT2D eigenvalue weighted by molar-refractivity contribution is 0.0697. The largest absolute Gasteiger partial charge is 0.478 e. The summed E-state index contributed by atoms with van der Waals surface area (Å²) >= 11 is 0. The van der Waals surface area contributed by atoms with Gasteiger partial charge in [-0.2, -0.15) is 5.26 Å². The number of aromatic nitrogens is 1. The second-order valence-electron chi connectivity index (χ2n) is 3.64. The minimum Gasteiger partial charge on any atom is -0.478 e. The highest BCUT2D eigenvalue weighted by molar-refractivity contribution is 5.93. The monoisotopic (exact) mass is 257 g/mol. The van der Waals surface area contributed by atoms with Crippen molar-refractivity contribution < 1.29 is 14.3 Å². The van der Waals surface area contributed by atoms with Gasteiger partial charge in [-0.3, -0.25) is 0 Å². The van der Waals surface area contributed by atoms with E-state index in [9.17, 15) is 9.18 Å². The standard InChI is InChI=1S/C13H8FN3O2/c14-11-4-3-9(6-8(11)7-15)17-12-10(13(18)19)2-1-5-16-12/h1-6H,(H,16,17)(H,18,19). The first-order valence-corrected chi connectivity index (χ1v) is 5.27. The predicted octanol–water partition coefficient (Wildman–Crippen LogP) is 2.53. The Morgan fingerprint density at radius 1 is 1.42 bits per heavy atom. The number of pyridine rings is 1. The van der Waals surface area contributed by atoms with E-state index in [0.29, 0.717) is 5.69 Å². The number of carboxylic acids is 1. The Bertz CT molecular complexity index is 680. The molecular weight excluding hydrogens is 249 g/mol. The number of nitrogens with one attached hydrogen (secondary N) is 1. The predicted molar refractivity (Wildman–Crippen MR) is 65.6 cm³/mol. The topological polar surface area (TPSA) is 86.0 Å². The van der Waals surface area contributed by atoms with Gasteiger partial charge in [0.05, 0.1) is 5.56 Å². The van der Waals surface area contributed by atoms with Crippen LogP contribution >= 0.6 is 0 Å². The molecule has 0 saturated heterocycles. The van der Waals surface area contributed by atoms with E-state index in [0.717, 1.165) is 6.07 Å². The van der Waals surface area contributed by atoms with Gasteiger partial charge in [0.25, 0.3) is 0 Å². The average Bonchev–Trinajstić information content (AvgIpc) is 2.41. The highest BCUT2D eigenvalue weighted by atomic mass is 19.1. The Balaban J connectivity index is 2.37. The number of nitriles is 1. The lowest BCUT2D eigenvalue weighted by atomic mass is 10.2. The summed E-state index contributed by atoms with van der Waals surface area (Å²) in [5.41, 5.74) is 0.252. The van der Waals surface area contributed by atoms with Gasteiger partial charge in [0.1, 0.15) is 23.3 Å². The van der Waals surface area contributed by atoms with Crippen LogP contribution in [0.15, 0.2) is 36.5 Å². The molecular formula is C13H8FN3O2. The highest BCUT2D eigenvalue weighted by Gasteiger charge is 2.11. The molecule has 0 radical (unpaired) electrons. The number of benzene rings is 1. The van der Waals surface area contributed by atoms with Gasteiger partial charge in [-0.15, -0.1) is 0 Å². The zero-order valence-electron chi connectivity index (χ0n) is 9.59. The van der Waals surface area contributed by atoms with Crippen LogP contribution in [0.4, 0.5) is 15.9 Å². The Morgan fingerprint density at radius 3 is 2.89 bits per heavy atom. The van der Waals surface area contributed by atoms with Crippen molar-refractivity contribution in [1.29, 1.82) is 5.26 Å². The molecule has 0 fully saturated rings. The van der Waals surface area contributed by atoms with Crippen molar-refractivity contribution in [2.24, 2.45) is 0 Å². The summed E-state index contributed by atoms with van der Waals surface area (Å²) in [5.74, 6) is -1.63. The van der Waals surface area contributed by atoms with Crippen LogP contribution in [0.2, 0.25) is 0 Å². The van der Waals surface area contributed by atoms with Crippen molar-refractivity contribution in [2.75, 3.05) is 5.32 Å². The third kappa shape index (κ3) is 2.66. The molecule has 5 nitrogen and oxygen atoms in total. The number of nitrogens with zero attached hydrogens (tertiary/aromatic N) is 2. The first kappa shape index (κ1) is 12.5. The fraction of sp³-hybridized carbons (Fsp3) is 0. The minimum atomic E-state index is -1.13. The second-order valence-corrected chi connectivity index (χ2v) is 3.64. The Hall–Kier alpha value is -2.94. The SMILES string of the molecule is N#Cc1cc(Nc2ncccc2C(=O)O)ccc1F. The van der Waals surface area contributed by atoms with E-state index in [1.807, 2.05) is 0 Å². The third-order valence-corrected chi connectivity index (χ3v) is 2.39. The van der Waals surface area contributed by atoms with Crippen molar-refractivity contribution >= 4 is 17.5 Å². The normalized spacial score (nSPS) is 9.68. The molecule has 2 rings (SSSR count). The number of hydrogen-bond donors (Lipinski definition) is 2. The molecule has 0 amide bonds. The van der Waals surface area contributed by atoms with Gasteiger partial charge in [-0.1, -0.05) is 0 Å². The summed E-state index contributed by atoms with van der Waals surface area (Å²) in [7, 11) is 0. The fourth-order valence-electron chi connectivity index (χ4n) is 1.50. The van der Waals surface area contributed by atoms with Gasteiger partial charge >= 0.3 is 5.97 Å². The first-order chi connectivity index (χ1) is 9.11.